The van der Waals surface area contributed by atoms with Crippen molar-refractivity contribution in [3.8, 4) is 0 Å². The summed E-state index contributed by atoms with van der Waals surface area (Å²) in [7, 11) is 0. The summed E-state index contributed by atoms with van der Waals surface area (Å²) in [5.41, 5.74) is 2.65. The zero-order valence-corrected chi connectivity index (χ0v) is 14.6. The van der Waals surface area contributed by atoms with Gasteiger partial charge in [0.25, 0.3) is 5.56 Å². The van der Waals surface area contributed by atoms with Crippen LogP contribution in [0.1, 0.15) is 18.9 Å². The molecule has 0 bridgehead atoms. The number of rotatable bonds is 4. The lowest BCUT2D eigenvalue weighted by molar-refractivity contribution is 0.671. The Morgan fingerprint density at radius 2 is 2.09 bits per heavy atom. The van der Waals surface area contributed by atoms with E-state index in [1.54, 1.807) is 22.9 Å². The maximum Gasteiger partial charge on any atom is 0.252 e. The number of aryl methyl sites for hydroxylation is 2. The first-order valence-electron chi connectivity index (χ1n) is 7.48. The molecule has 0 saturated carbocycles. The smallest absolute Gasteiger partial charge is 0.252 e. The first kappa shape index (κ1) is 15.7. The molecule has 0 amide bonds. The van der Waals surface area contributed by atoms with Gasteiger partial charge in [-0.05, 0) is 43.2 Å². The topological polar surface area (TPSA) is 59.8 Å². The van der Waals surface area contributed by atoms with Gasteiger partial charge < -0.3 is 5.32 Å². The van der Waals surface area contributed by atoms with E-state index in [1.807, 2.05) is 32.0 Å². The first-order chi connectivity index (χ1) is 11.1. The number of nitrogens with one attached hydrogen (secondary N) is 1. The van der Waals surface area contributed by atoms with Crippen molar-refractivity contribution in [1.29, 1.82) is 0 Å². The molecule has 0 radical (unpaired) electrons. The Morgan fingerprint density at radius 3 is 2.83 bits per heavy atom. The van der Waals surface area contributed by atoms with E-state index in [2.05, 4.69) is 31.2 Å². The molecule has 0 saturated heterocycles. The van der Waals surface area contributed by atoms with Crippen LogP contribution in [0, 0.1) is 6.92 Å². The highest BCUT2D eigenvalue weighted by molar-refractivity contribution is 9.10. The minimum atomic E-state index is -0.0384. The second-order valence-electron chi connectivity index (χ2n) is 5.38. The number of hydrogen-bond donors (Lipinski definition) is 1. The lowest BCUT2D eigenvalue weighted by atomic mass is 10.2. The molecule has 2 aromatic heterocycles. The van der Waals surface area contributed by atoms with Crippen molar-refractivity contribution in [2.75, 3.05) is 5.32 Å². The van der Waals surface area contributed by atoms with Crippen molar-refractivity contribution >= 4 is 38.6 Å². The Morgan fingerprint density at radius 1 is 1.26 bits per heavy atom. The van der Waals surface area contributed by atoms with E-state index in [0.717, 1.165) is 27.5 Å². The lowest BCUT2D eigenvalue weighted by Gasteiger charge is -2.10. The van der Waals surface area contributed by atoms with E-state index in [4.69, 9.17) is 0 Å². The fourth-order valence-corrected chi connectivity index (χ4v) is 2.67. The number of nitrogens with zero attached hydrogens (tertiary/aromatic N) is 3. The Hall–Kier alpha value is -2.21. The van der Waals surface area contributed by atoms with Crippen LogP contribution in [0.3, 0.4) is 0 Å². The van der Waals surface area contributed by atoms with Gasteiger partial charge in [0.15, 0.2) is 0 Å². The second-order valence-corrected chi connectivity index (χ2v) is 6.24. The quantitative estimate of drug-likeness (QED) is 0.751. The monoisotopic (exact) mass is 372 g/mol. The van der Waals surface area contributed by atoms with Gasteiger partial charge in [0, 0.05) is 34.4 Å². The number of fused-ring (bicyclic) bond motifs is 1. The normalized spacial score (nSPS) is 10.9. The van der Waals surface area contributed by atoms with Crippen LogP contribution >= 0.6 is 15.9 Å². The van der Waals surface area contributed by atoms with Crippen LogP contribution in [-0.2, 0) is 6.54 Å². The van der Waals surface area contributed by atoms with Gasteiger partial charge in [-0.15, -0.1) is 0 Å². The van der Waals surface area contributed by atoms with Gasteiger partial charge in [0.05, 0.1) is 0 Å². The number of benzene rings is 1. The van der Waals surface area contributed by atoms with Crippen molar-refractivity contribution < 1.29 is 0 Å². The third-order valence-electron chi connectivity index (χ3n) is 3.58. The van der Waals surface area contributed by atoms with Crippen molar-refractivity contribution in [3.63, 3.8) is 0 Å². The highest BCUT2D eigenvalue weighted by atomic mass is 79.9. The number of pyridine rings is 1. The van der Waals surface area contributed by atoms with Gasteiger partial charge >= 0.3 is 0 Å². The number of hydrogen-bond acceptors (Lipinski definition) is 4. The number of halogens is 1. The second kappa shape index (κ2) is 6.50. The largest absolute Gasteiger partial charge is 0.324 e. The van der Waals surface area contributed by atoms with Gasteiger partial charge in [-0.2, -0.15) is 4.98 Å². The number of anilines is 2. The van der Waals surface area contributed by atoms with Crippen LogP contribution in [0.5, 0.6) is 0 Å². The minimum Gasteiger partial charge on any atom is -0.324 e. The third kappa shape index (κ3) is 3.27. The molecular weight excluding hydrogens is 356 g/mol. The van der Waals surface area contributed by atoms with Crippen molar-refractivity contribution in [3.05, 3.63) is 56.9 Å². The summed E-state index contributed by atoms with van der Waals surface area (Å²) in [6, 6.07) is 9.27. The molecule has 23 heavy (non-hydrogen) atoms. The molecule has 0 unspecified atom stereocenters. The molecule has 0 aliphatic heterocycles. The molecule has 2 heterocycles. The van der Waals surface area contributed by atoms with Gasteiger partial charge in [0.2, 0.25) is 5.95 Å². The molecule has 0 aliphatic carbocycles. The zero-order chi connectivity index (χ0) is 16.4. The van der Waals surface area contributed by atoms with E-state index >= 15 is 0 Å². The zero-order valence-electron chi connectivity index (χ0n) is 13.0. The van der Waals surface area contributed by atoms with Crippen molar-refractivity contribution in [2.45, 2.75) is 26.8 Å². The summed E-state index contributed by atoms with van der Waals surface area (Å²) >= 11 is 3.48. The van der Waals surface area contributed by atoms with E-state index in [-0.39, 0.29) is 5.56 Å². The van der Waals surface area contributed by atoms with Crippen LogP contribution < -0.4 is 10.9 Å². The number of aromatic nitrogens is 3. The van der Waals surface area contributed by atoms with E-state index < -0.39 is 0 Å². The maximum absolute atomic E-state index is 12.1. The highest BCUT2D eigenvalue weighted by Crippen LogP contribution is 2.22. The Balaban J connectivity index is 2.03. The van der Waals surface area contributed by atoms with E-state index in [1.165, 1.54) is 0 Å². The maximum atomic E-state index is 12.1. The van der Waals surface area contributed by atoms with Crippen LogP contribution in [-0.4, -0.2) is 14.5 Å². The summed E-state index contributed by atoms with van der Waals surface area (Å²) in [5.74, 6) is 0.481. The molecule has 6 heteroatoms. The van der Waals surface area contributed by atoms with Gasteiger partial charge in [-0.25, -0.2) is 4.98 Å². The van der Waals surface area contributed by atoms with Crippen LogP contribution in [0.25, 0.3) is 11.0 Å². The Kier molecular flexibility index (Phi) is 4.43. The van der Waals surface area contributed by atoms with E-state index in [9.17, 15) is 4.79 Å². The summed E-state index contributed by atoms with van der Waals surface area (Å²) in [4.78, 5) is 20.9. The molecule has 5 nitrogen and oxygen atoms in total. The molecule has 1 N–H and O–H groups in total. The molecular formula is C17H17BrN4O. The SMILES string of the molecule is CCCn1c(=O)ccc2cnc(Nc3ccc(Br)c(C)c3)nc21. The Bertz CT molecular complexity index is 920. The van der Waals surface area contributed by atoms with Crippen molar-refractivity contribution in [1.82, 2.24) is 14.5 Å². The summed E-state index contributed by atoms with van der Waals surface area (Å²) in [5, 5.41) is 4.05. The van der Waals surface area contributed by atoms with Crippen LogP contribution in [0.2, 0.25) is 0 Å². The van der Waals surface area contributed by atoms with Gasteiger partial charge in [-0.1, -0.05) is 22.9 Å². The third-order valence-corrected chi connectivity index (χ3v) is 4.47. The van der Waals surface area contributed by atoms with Crippen LogP contribution in [0.4, 0.5) is 11.6 Å². The minimum absolute atomic E-state index is 0.0384. The molecule has 0 spiro atoms. The molecule has 0 aliphatic rings. The fourth-order valence-electron chi connectivity index (χ4n) is 2.42. The predicted molar refractivity (Wildman–Crippen MR) is 96.3 cm³/mol. The van der Waals surface area contributed by atoms with E-state index in [0.29, 0.717) is 18.1 Å². The molecule has 3 aromatic rings. The summed E-state index contributed by atoms with van der Waals surface area (Å²) in [6.45, 7) is 4.70. The molecule has 0 atom stereocenters. The standard InChI is InChI=1S/C17H17BrN4O/c1-3-8-22-15(23)7-4-12-10-19-17(21-16(12)22)20-13-5-6-14(18)11(2)9-13/h4-7,9-10H,3,8H2,1-2H3,(H,19,20,21). The summed E-state index contributed by atoms with van der Waals surface area (Å²) < 4.78 is 2.74. The molecule has 3 rings (SSSR count). The molecule has 0 fully saturated rings. The fraction of sp³-hybridized carbons (Fsp3) is 0.235. The van der Waals surface area contributed by atoms with Crippen LogP contribution in [0.15, 0.2) is 45.8 Å². The highest BCUT2D eigenvalue weighted by Gasteiger charge is 2.07. The van der Waals surface area contributed by atoms with Crippen molar-refractivity contribution in [2.24, 2.45) is 0 Å². The Labute approximate surface area is 142 Å². The molecule has 118 valence electrons. The molecule has 1 aromatic carbocycles. The first-order valence-corrected chi connectivity index (χ1v) is 8.27. The average molecular weight is 373 g/mol. The average Bonchev–Trinajstić information content (AvgIpc) is 2.54. The summed E-state index contributed by atoms with van der Waals surface area (Å²) in [6.07, 6.45) is 2.61. The lowest BCUT2D eigenvalue weighted by Crippen LogP contribution is -2.20. The van der Waals surface area contributed by atoms with Gasteiger partial charge in [0.1, 0.15) is 5.65 Å². The van der Waals surface area contributed by atoms with Gasteiger partial charge in [-0.3, -0.25) is 9.36 Å². The predicted octanol–water partition coefficient (Wildman–Crippen LogP) is 4.02.